The molecule has 0 saturated carbocycles. The van der Waals surface area contributed by atoms with E-state index < -0.39 is 23.6 Å². The third kappa shape index (κ3) is 4.14. The Bertz CT molecular complexity index is 733. The highest BCUT2D eigenvalue weighted by atomic mass is 35.5. The number of hydrogen-bond donors (Lipinski definition) is 2. The largest absolute Gasteiger partial charge is 0.387 e. The Kier molecular flexibility index (Phi) is 5.46. The van der Waals surface area contributed by atoms with Gasteiger partial charge in [0.05, 0.1) is 22.9 Å². The number of carbonyl (C=O) groups excluding carboxylic acids is 2. The van der Waals surface area contributed by atoms with Crippen molar-refractivity contribution in [2.45, 2.75) is 19.6 Å². The molecule has 0 fully saturated rings. The second-order valence-corrected chi connectivity index (χ2v) is 5.22. The number of aromatic nitrogens is 2. The molecule has 1 unspecified atom stereocenters. The van der Waals surface area contributed by atoms with Crippen LogP contribution in [0.25, 0.3) is 0 Å². The van der Waals surface area contributed by atoms with Crippen molar-refractivity contribution >= 4 is 23.3 Å². The predicted octanol–water partition coefficient (Wildman–Crippen LogP) is 1.73. The second kappa shape index (κ2) is 7.34. The lowest BCUT2D eigenvalue weighted by Crippen LogP contribution is -2.34. The molecule has 1 atom stereocenters. The molecule has 1 amide bonds. The average Bonchev–Trinajstić information content (AvgIpc) is 3.03. The number of nitrogens with zero attached hydrogens (tertiary/aromatic N) is 2. The lowest BCUT2D eigenvalue weighted by Gasteiger charge is -2.12. The van der Waals surface area contributed by atoms with E-state index in [0.717, 1.165) is 6.07 Å². The molecule has 2 rings (SSSR count). The molecule has 2 aromatic rings. The lowest BCUT2D eigenvalue weighted by molar-refractivity contribution is -0.117. The van der Waals surface area contributed by atoms with Crippen LogP contribution in [0, 0.1) is 5.82 Å². The molecule has 0 saturated heterocycles. The van der Waals surface area contributed by atoms with E-state index >= 15 is 0 Å². The smallest absolute Gasteiger partial charge is 0.292 e. The summed E-state index contributed by atoms with van der Waals surface area (Å²) in [6, 6.07) is 3.82. The molecule has 0 spiro atoms. The number of Topliss-reactive ketones (excluding diaryl/α,β-unsaturated/α-hetero) is 1. The number of aliphatic hydroxyl groups is 1. The number of aryl methyl sites for hydroxylation is 1. The molecule has 0 radical (unpaired) electrons. The molecule has 6 nitrogen and oxygen atoms in total. The highest BCUT2D eigenvalue weighted by molar-refractivity contribution is 6.42. The summed E-state index contributed by atoms with van der Waals surface area (Å²) in [5.74, 6) is -2.29. The molecule has 8 heteroatoms. The molecular formula is C15H15ClFN3O3. The number of halogens is 2. The van der Waals surface area contributed by atoms with Crippen LogP contribution >= 0.6 is 11.6 Å². The SMILES string of the molecule is CCn1cc(C(=O)C(=O)NCC(O)c2ccc(Cl)c(F)c2)cn1. The zero-order valence-corrected chi connectivity index (χ0v) is 13.0. The topological polar surface area (TPSA) is 84.2 Å². The number of aliphatic hydroxyl groups excluding tert-OH is 1. The summed E-state index contributed by atoms with van der Waals surface area (Å²) in [7, 11) is 0. The number of ketones is 1. The molecule has 122 valence electrons. The maximum absolute atomic E-state index is 13.3. The predicted molar refractivity (Wildman–Crippen MR) is 81.6 cm³/mol. The van der Waals surface area contributed by atoms with Crippen LogP contribution in [-0.2, 0) is 11.3 Å². The Morgan fingerprint density at radius 2 is 2.22 bits per heavy atom. The summed E-state index contributed by atoms with van der Waals surface area (Å²) in [5, 5.41) is 16.1. The van der Waals surface area contributed by atoms with E-state index in [1.165, 1.54) is 29.2 Å². The first-order valence-electron chi connectivity index (χ1n) is 6.90. The number of rotatable bonds is 6. The van der Waals surface area contributed by atoms with Crippen LogP contribution < -0.4 is 5.32 Å². The van der Waals surface area contributed by atoms with Gasteiger partial charge in [0, 0.05) is 19.3 Å². The van der Waals surface area contributed by atoms with Gasteiger partial charge in [-0.15, -0.1) is 0 Å². The maximum Gasteiger partial charge on any atom is 0.292 e. The Hall–Kier alpha value is -2.25. The van der Waals surface area contributed by atoms with Gasteiger partial charge in [0.2, 0.25) is 0 Å². The third-order valence-electron chi connectivity index (χ3n) is 3.21. The minimum absolute atomic E-state index is 0.0619. The van der Waals surface area contributed by atoms with Gasteiger partial charge in [-0.25, -0.2) is 4.39 Å². The molecule has 23 heavy (non-hydrogen) atoms. The average molecular weight is 340 g/mol. The molecule has 0 aliphatic rings. The van der Waals surface area contributed by atoms with Gasteiger partial charge in [0.1, 0.15) is 5.82 Å². The van der Waals surface area contributed by atoms with Crippen LogP contribution in [0.4, 0.5) is 4.39 Å². The number of hydrogen-bond acceptors (Lipinski definition) is 4. The van der Waals surface area contributed by atoms with Crippen molar-refractivity contribution in [3.05, 3.63) is 52.6 Å². The van der Waals surface area contributed by atoms with E-state index in [9.17, 15) is 19.1 Å². The van der Waals surface area contributed by atoms with Crippen molar-refractivity contribution in [3.63, 3.8) is 0 Å². The van der Waals surface area contributed by atoms with Crippen molar-refractivity contribution in [2.75, 3.05) is 6.54 Å². The van der Waals surface area contributed by atoms with Crippen molar-refractivity contribution in [3.8, 4) is 0 Å². The zero-order chi connectivity index (χ0) is 17.0. The van der Waals surface area contributed by atoms with Gasteiger partial charge >= 0.3 is 0 Å². The minimum atomic E-state index is -1.16. The van der Waals surface area contributed by atoms with Gasteiger partial charge < -0.3 is 10.4 Å². The van der Waals surface area contributed by atoms with Gasteiger partial charge in [0.25, 0.3) is 11.7 Å². The summed E-state index contributed by atoms with van der Waals surface area (Å²) in [4.78, 5) is 23.7. The van der Waals surface area contributed by atoms with Crippen molar-refractivity contribution in [1.82, 2.24) is 15.1 Å². The monoisotopic (exact) mass is 339 g/mol. The molecule has 0 aliphatic heterocycles. The summed E-state index contributed by atoms with van der Waals surface area (Å²) in [6.45, 7) is 2.20. The van der Waals surface area contributed by atoms with E-state index in [1.54, 1.807) is 0 Å². The fourth-order valence-electron chi connectivity index (χ4n) is 1.89. The van der Waals surface area contributed by atoms with Crippen LogP contribution in [-0.4, -0.2) is 33.1 Å². The van der Waals surface area contributed by atoms with Crippen LogP contribution in [0.5, 0.6) is 0 Å². The quantitative estimate of drug-likeness (QED) is 0.620. The first-order valence-corrected chi connectivity index (χ1v) is 7.28. The fourth-order valence-corrected chi connectivity index (χ4v) is 2.01. The van der Waals surface area contributed by atoms with Crippen molar-refractivity contribution in [2.24, 2.45) is 0 Å². The number of benzene rings is 1. The van der Waals surface area contributed by atoms with Crippen LogP contribution in [0.2, 0.25) is 5.02 Å². The summed E-state index contributed by atoms with van der Waals surface area (Å²) in [5.41, 5.74) is 0.412. The van der Waals surface area contributed by atoms with Gasteiger partial charge in [-0.2, -0.15) is 5.10 Å². The van der Waals surface area contributed by atoms with Crippen LogP contribution in [0.15, 0.2) is 30.6 Å². The van der Waals surface area contributed by atoms with Gasteiger partial charge in [-0.3, -0.25) is 14.3 Å². The number of amides is 1. The van der Waals surface area contributed by atoms with Gasteiger partial charge in [-0.05, 0) is 24.6 Å². The van der Waals surface area contributed by atoms with Crippen LogP contribution in [0.1, 0.15) is 28.9 Å². The Morgan fingerprint density at radius 3 is 2.83 bits per heavy atom. The zero-order valence-electron chi connectivity index (χ0n) is 12.3. The van der Waals surface area contributed by atoms with E-state index in [2.05, 4.69) is 10.4 Å². The first kappa shape index (κ1) is 17.1. The van der Waals surface area contributed by atoms with Crippen molar-refractivity contribution in [1.29, 1.82) is 0 Å². The molecule has 0 bridgehead atoms. The van der Waals surface area contributed by atoms with Crippen LogP contribution in [0.3, 0.4) is 0 Å². The highest BCUT2D eigenvalue weighted by Gasteiger charge is 2.19. The standard InChI is InChI=1S/C15H15ClFN3O3/c1-2-20-8-10(6-19-20)14(22)15(23)18-7-13(21)9-3-4-11(16)12(17)5-9/h3-6,8,13,21H,2,7H2,1H3,(H,18,23). The molecule has 2 N–H and O–H groups in total. The van der Waals surface area contributed by atoms with E-state index in [-0.39, 0.29) is 22.7 Å². The maximum atomic E-state index is 13.3. The molecule has 1 aromatic carbocycles. The molecule has 1 aromatic heterocycles. The van der Waals surface area contributed by atoms with Gasteiger partial charge in [0.15, 0.2) is 0 Å². The van der Waals surface area contributed by atoms with Crippen molar-refractivity contribution < 1.29 is 19.1 Å². The summed E-state index contributed by atoms with van der Waals surface area (Å²) < 4.78 is 14.8. The van der Waals surface area contributed by atoms with E-state index in [1.807, 2.05) is 6.92 Å². The van der Waals surface area contributed by atoms with E-state index in [0.29, 0.717) is 6.54 Å². The Labute approximate surface area is 136 Å². The van der Waals surface area contributed by atoms with Gasteiger partial charge in [-0.1, -0.05) is 17.7 Å². The van der Waals surface area contributed by atoms with E-state index in [4.69, 9.17) is 11.6 Å². The Balaban J connectivity index is 1.95. The molecule has 1 heterocycles. The normalized spacial score (nSPS) is 12.0. The molecular weight excluding hydrogens is 325 g/mol. The fraction of sp³-hybridized carbons (Fsp3) is 0.267. The number of carbonyl (C=O) groups is 2. The summed E-state index contributed by atoms with van der Waals surface area (Å²) >= 11 is 5.56. The third-order valence-corrected chi connectivity index (χ3v) is 3.52. The lowest BCUT2D eigenvalue weighted by atomic mass is 10.1. The Morgan fingerprint density at radius 1 is 1.48 bits per heavy atom. The summed E-state index contributed by atoms with van der Waals surface area (Å²) in [6.07, 6.45) is 1.61. The highest BCUT2D eigenvalue weighted by Crippen LogP contribution is 2.19. The minimum Gasteiger partial charge on any atom is -0.387 e. The first-order chi connectivity index (χ1) is 10.9. The molecule has 0 aliphatic carbocycles. The number of nitrogens with one attached hydrogen (secondary N) is 1. The second-order valence-electron chi connectivity index (χ2n) is 4.81.